The summed E-state index contributed by atoms with van der Waals surface area (Å²) in [5.74, 6) is 0. The molecule has 0 unspecified atom stereocenters. The van der Waals surface area contributed by atoms with E-state index < -0.39 is 15.7 Å². The summed E-state index contributed by atoms with van der Waals surface area (Å²) < 4.78 is 33.0. The zero-order valence-electron chi connectivity index (χ0n) is 9.77. The Morgan fingerprint density at radius 2 is 1.94 bits per heavy atom. The summed E-state index contributed by atoms with van der Waals surface area (Å²) in [5, 5.41) is 8.84. The van der Waals surface area contributed by atoms with Gasteiger partial charge in [0.2, 0.25) is 0 Å². The van der Waals surface area contributed by atoms with Crippen molar-refractivity contribution in [3.8, 4) is 0 Å². The summed E-state index contributed by atoms with van der Waals surface area (Å²) in [4.78, 5) is 0. The van der Waals surface area contributed by atoms with E-state index in [2.05, 4.69) is 4.72 Å². The minimum Gasteiger partial charge on any atom is -0.396 e. The molecule has 0 aromatic heterocycles. The van der Waals surface area contributed by atoms with Crippen LogP contribution < -0.4 is 4.72 Å². The van der Waals surface area contributed by atoms with Crippen molar-refractivity contribution in [1.82, 2.24) is 9.03 Å². The number of rotatable bonds is 5. The number of morpholine rings is 1. The van der Waals surface area contributed by atoms with E-state index in [1.807, 2.05) is 0 Å². The molecule has 1 fully saturated rings. The Labute approximate surface area is 96.8 Å². The van der Waals surface area contributed by atoms with Crippen molar-refractivity contribution < 1.29 is 18.3 Å². The molecule has 1 heterocycles. The topological polar surface area (TPSA) is 78.9 Å². The second kappa shape index (κ2) is 5.42. The highest BCUT2D eigenvalue weighted by Gasteiger charge is 2.30. The molecule has 96 valence electrons. The van der Waals surface area contributed by atoms with Gasteiger partial charge in [0.15, 0.2) is 0 Å². The van der Waals surface area contributed by atoms with Gasteiger partial charge in [-0.1, -0.05) is 0 Å². The summed E-state index contributed by atoms with van der Waals surface area (Å²) in [5.41, 5.74) is -0.633. The van der Waals surface area contributed by atoms with Gasteiger partial charge in [-0.2, -0.15) is 17.4 Å². The van der Waals surface area contributed by atoms with Crippen molar-refractivity contribution >= 4 is 10.2 Å². The number of nitrogens with one attached hydrogen (secondary N) is 1. The number of hydrogen-bond acceptors (Lipinski definition) is 4. The molecule has 0 saturated carbocycles. The van der Waals surface area contributed by atoms with E-state index >= 15 is 0 Å². The third kappa shape index (κ3) is 3.99. The van der Waals surface area contributed by atoms with Gasteiger partial charge in [0.1, 0.15) is 0 Å². The van der Waals surface area contributed by atoms with Crippen LogP contribution in [-0.4, -0.2) is 56.3 Å². The van der Waals surface area contributed by atoms with E-state index in [0.717, 1.165) is 0 Å². The number of ether oxygens (including phenoxy) is 1. The largest absolute Gasteiger partial charge is 0.396 e. The Bertz CT molecular complexity index is 309. The molecular weight excluding hydrogens is 232 g/mol. The molecule has 0 radical (unpaired) electrons. The van der Waals surface area contributed by atoms with Crippen LogP contribution in [0.2, 0.25) is 0 Å². The SMILES string of the molecule is CC(C)(CCO)NS(=O)(=O)N1CCOCC1. The van der Waals surface area contributed by atoms with Crippen LogP contribution in [0.25, 0.3) is 0 Å². The van der Waals surface area contributed by atoms with Crippen LogP contribution in [-0.2, 0) is 14.9 Å². The van der Waals surface area contributed by atoms with Gasteiger partial charge in [0, 0.05) is 25.2 Å². The van der Waals surface area contributed by atoms with Gasteiger partial charge in [-0.3, -0.25) is 0 Å². The predicted octanol–water partition coefficient (Wildman–Crippen LogP) is -0.686. The molecule has 1 saturated heterocycles. The maximum Gasteiger partial charge on any atom is 0.280 e. The van der Waals surface area contributed by atoms with Crippen molar-refractivity contribution in [1.29, 1.82) is 0 Å². The summed E-state index contributed by atoms with van der Waals surface area (Å²) in [6.45, 7) is 5.08. The first-order valence-corrected chi connectivity index (χ1v) is 6.79. The lowest BCUT2D eigenvalue weighted by molar-refractivity contribution is 0.0719. The van der Waals surface area contributed by atoms with Crippen molar-refractivity contribution in [3.63, 3.8) is 0 Å². The predicted molar refractivity (Wildman–Crippen MR) is 60.2 cm³/mol. The van der Waals surface area contributed by atoms with Gasteiger partial charge in [0.05, 0.1) is 13.2 Å². The Hall–Kier alpha value is -0.210. The first-order chi connectivity index (χ1) is 7.37. The van der Waals surface area contributed by atoms with Gasteiger partial charge < -0.3 is 9.84 Å². The number of hydrogen-bond donors (Lipinski definition) is 2. The lowest BCUT2D eigenvalue weighted by Crippen LogP contribution is -2.53. The van der Waals surface area contributed by atoms with E-state index in [1.165, 1.54) is 4.31 Å². The number of nitrogens with zero attached hydrogens (tertiary/aromatic N) is 1. The molecule has 2 N–H and O–H groups in total. The van der Waals surface area contributed by atoms with Crippen LogP contribution in [0.15, 0.2) is 0 Å². The standard InChI is InChI=1S/C9H20N2O4S/c1-9(2,3-6-12)10-16(13,14)11-4-7-15-8-5-11/h10,12H,3-8H2,1-2H3. The van der Waals surface area contributed by atoms with E-state index in [4.69, 9.17) is 9.84 Å². The first kappa shape index (κ1) is 13.9. The lowest BCUT2D eigenvalue weighted by atomic mass is 10.0. The van der Waals surface area contributed by atoms with Gasteiger partial charge >= 0.3 is 0 Å². The number of aliphatic hydroxyl groups is 1. The van der Waals surface area contributed by atoms with Gasteiger partial charge in [0.25, 0.3) is 10.2 Å². The Balaban J connectivity index is 2.63. The highest BCUT2D eigenvalue weighted by Crippen LogP contribution is 2.12. The summed E-state index contributed by atoms with van der Waals surface area (Å²) >= 11 is 0. The van der Waals surface area contributed by atoms with Gasteiger partial charge in [-0.05, 0) is 20.3 Å². The molecule has 0 amide bonds. The van der Waals surface area contributed by atoms with Crippen molar-refractivity contribution in [2.24, 2.45) is 0 Å². The average molecular weight is 252 g/mol. The third-order valence-electron chi connectivity index (χ3n) is 2.45. The molecule has 16 heavy (non-hydrogen) atoms. The normalized spacial score (nSPS) is 19.9. The van der Waals surface area contributed by atoms with Crippen molar-refractivity contribution in [2.75, 3.05) is 32.9 Å². The smallest absolute Gasteiger partial charge is 0.280 e. The Morgan fingerprint density at radius 1 is 1.38 bits per heavy atom. The maximum atomic E-state index is 12.0. The zero-order valence-corrected chi connectivity index (χ0v) is 10.6. The number of aliphatic hydroxyl groups excluding tert-OH is 1. The van der Waals surface area contributed by atoms with Crippen LogP contribution >= 0.6 is 0 Å². The van der Waals surface area contributed by atoms with Crippen LogP contribution in [0.4, 0.5) is 0 Å². The minimum absolute atomic E-state index is 0.0430. The summed E-state index contributed by atoms with van der Waals surface area (Å²) in [6, 6.07) is 0. The highest BCUT2D eigenvalue weighted by atomic mass is 32.2. The van der Waals surface area contributed by atoms with Gasteiger partial charge in [-0.15, -0.1) is 0 Å². The molecule has 1 aliphatic heterocycles. The van der Waals surface area contributed by atoms with E-state index in [-0.39, 0.29) is 6.61 Å². The molecule has 1 aliphatic rings. The van der Waals surface area contributed by atoms with Gasteiger partial charge in [-0.25, -0.2) is 0 Å². The maximum absolute atomic E-state index is 12.0. The molecule has 1 rings (SSSR count). The second-order valence-electron chi connectivity index (χ2n) is 4.48. The molecule has 7 heteroatoms. The quantitative estimate of drug-likeness (QED) is 0.679. The molecule has 0 aliphatic carbocycles. The van der Waals surface area contributed by atoms with Crippen molar-refractivity contribution in [3.05, 3.63) is 0 Å². The van der Waals surface area contributed by atoms with E-state index in [0.29, 0.717) is 32.7 Å². The molecule has 6 nitrogen and oxygen atoms in total. The Morgan fingerprint density at radius 3 is 2.44 bits per heavy atom. The van der Waals surface area contributed by atoms with E-state index in [9.17, 15) is 8.42 Å². The fraction of sp³-hybridized carbons (Fsp3) is 1.00. The molecule has 0 aromatic rings. The fourth-order valence-corrected chi connectivity index (χ4v) is 3.09. The second-order valence-corrected chi connectivity index (χ2v) is 6.15. The summed E-state index contributed by atoms with van der Waals surface area (Å²) in [7, 11) is -3.47. The first-order valence-electron chi connectivity index (χ1n) is 5.35. The Kier molecular flexibility index (Phi) is 4.69. The fourth-order valence-electron chi connectivity index (χ4n) is 1.53. The van der Waals surface area contributed by atoms with Crippen molar-refractivity contribution in [2.45, 2.75) is 25.8 Å². The lowest BCUT2D eigenvalue weighted by Gasteiger charge is -2.31. The minimum atomic E-state index is -3.47. The molecule has 0 bridgehead atoms. The third-order valence-corrected chi connectivity index (χ3v) is 4.31. The highest BCUT2D eigenvalue weighted by molar-refractivity contribution is 7.87. The molecule has 0 aromatic carbocycles. The summed E-state index contributed by atoms with van der Waals surface area (Å²) in [6.07, 6.45) is 0.385. The molecular formula is C9H20N2O4S. The molecule has 0 spiro atoms. The monoisotopic (exact) mass is 252 g/mol. The zero-order chi connectivity index (χ0) is 12.2. The van der Waals surface area contributed by atoms with Crippen LogP contribution in [0.1, 0.15) is 20.3 Å². The van der Waals surface area contributed by atoms with E-state index in [1.54, 1.807) is 13.8 Å². The molecule has 0 atom stereocenters. The average Bonchev–Trinajstić information content (AvgIpc) is 2.17. The van der Waals surface area contributed by atoms with Crippen LogP contribution in [0, 0.1) is 0 Å². The van der Waals surface area contributed by atoms with Crippen LogP contribution in [0.5, 0.6) is 0 Å². The van der Waals surface area contributed by atoms with Crippen LogP contribution in [0.3, 0.4) is 0 Å².